The molecule has 0 unspecified atom stereocenters. The Morgan fingerprint density at radius 2 is 1.54 bits per heavy atom. The molecule has 0 radical (unpaired) electrons. The largest absolute Gasteiger partial charge is 0.508 e. The van der Waals surface area contributed by atoms with Gasteiger partial charge < -0.3 is 41.8 Å². The normalized spacial score (nSPS) is 17.1. The van der Waals surface area contributed by atoms with Crippen LogP contribution in [-0.4, -0.2) is 86.4 Å². The summed E-state index contributed by atoms with van der Waals surface area (Å²) in [6.45, 7) is 7.33. The highest BCUT2D eigenvalue weighted by Gasteiger charge is 2.40. The van der Waals surface area contributed by atoms with Crippen LogP contribution in [0.5, 0.6) is 5.75 Å². The van der Waals surface area contributed by atoms with Crippen LogP contribution in [0.15, 0.2) is 54.7 Å². The second-order valence-corrected chi connectivity index (χ2v) is 13.1. The Balaban J connectivity index is 1.41. The first-order chi connectivity index (χ1) is 22.8. The Labute approximate surface area is 279 Å². The topological polar surface area (TPSA) is 207 Å². The quantitative estimate of drug-likeness (QED) is 0.135. The summed E-state index contributed by atoms with van der Waals surface area (Å²) in [6, 6.07) is 8.72. The fourth-order valence-corrected chi connectivity index (χ4v) is 6.00. The van der Waals surface area contributed by atoms with E-state index in [4.69, 9.17) is 5.73 Å². The molecule has 13 nitrogen and oxygen atoms in total. The van der Waals surface area contributed by atoms with Crippen LogP contribution >= 0.6 is 0 Å². The van der Waals surface area contributed by atoms with Crippen molar-refractivity contribution in [1.82, 2.24) is 25.8 Å². The molecule has 4 amide bonds. The van der Waals surface area contributed by atoms with Gasteiger partial charge in [-0.05, 0) is 60.4 Å². The predicted octanol–water partition coefficient (Wildman–Crippen LogP) is 1.83. The van der Waals surface area contributed by atoms with E-state index >= 15 is 0 Å². The number of rotatable bonds is 14. The summed E-state index contributed by atoms with van der Waals surface area (Å²) in [6.07, 6.45) is 2.85. The van der Waals surface area contributed by atoms with E-state index in [1.807, 2.05) is 24.3 Å². The molecular weight excluding hydrogens is 616 g/mol. The van der Waals surface area contributed by atoms with Crippen molar-refractivity contribution in [3.63, 3.8) is 0 Å². The number of carbonyl (C=O) groups excluding carboxylic acids is 4. The zero-order valence-corrected chi connectivity index (χ0v) is 27.7. The monoisotopic (exact) mass is 662 g/mol. The maximum absolute atomic E-state index is 13.9. The van der Waals surface area contributed by atoms with Gasteiger partial charge in [0.05, 0.1) is 6.04 Å². The fraction of sp³-hybridized carbons (Fsp3) is 0.457. The molecule has 3 aromatic rings. The summed E-state index contributed by atoms with van der Waals surface area (Å²) < 4.78 is 0. The number of H-pyrrole nitrogens is 1. The number of aromatic hydroxyl groups is 1. The van der Waals surface area contributed by atoms with Crippen LogP contribution in [0, 0.1) is 11.8 Å². The maximum Gasteiger partial charge on any atom is 0.326 e. The predicted molar refractivity (Wildman–Crippen MR) is 180 cm³/mol. The van der Waals surface area contributed by atoms with Gasteiger partial charge >= 0.3 is 5.97 Å². The van der Waals surface area contributed by atoms with Crippen LogP contribution in [-0.2, 0) is 36.8 Å². The average Bonchev–Trinajstić information content (AvgIpc) is 3.70. The van der Waals surface area contributed by atoms with Crippen LogP contribution in [0.1, 0.15) is 51.7 Å². The third kappa shape index (κ3) is 8.71. The fourth-order valence-electron chi connectivity index (χ4n) is 6.00. The van der Waals surface area contributed by atoms with Gasteiger partial charge in [-0.15, -0.1) is 0 Å². The number of amides is 4. The van der Waals surface area contributed by atoms with Gasteiger partial charge in [0, 0.05) is 30.1 Å². The Morgan fingerprint density at radius 1 is 0.896 bits per heavy atom. The number of carboxylic acids is 1. The molecule has 8 N–H and O–H groups in total. The summed E-state index contributed by atoms with van der Waals surface area (Å²) in [5, 5.41) is 28.5. The summed E-state index contributed by atoms with van der Waals surface area (Å²) in [4.78, 5) is 70.6. The Kier molecular flexibility index (Phi) is 11.8. The number of para-hydroxylation sites is 1. The Morgan fingerprint density at radius 3 is 2.19 bits per heavy atom. The van der Waals surface area contributed by atoms with Crippen molar-refractivity contribution in [2.24, 2.45) is 17.6 Å². The lowest BCUT2D eigenvalue weighted by Gasteiger charge is -2.32. The summed E-state index contributed by atoms with van der Waals surface area (Å²) in [5.74, 6) is -3.94. The van der Waals surface area contributed by atoms with Crippen LogP contribution in [0.3, 0.4) is 0 Å². The zero-order valence-electron chi connectivity index (χ0n) is 27.7. The number of nitrogens with one attached hydrogen (secondary N) is 4. The molecule has 1 aliphatic rings. The van der Waals surface area contributed by atoms with Gasteiger partial charge in [0.25, 0.3) is 0 Å². The molecule has 2 heterocycles. The Hall–Kier alpha value is -4.91. The first-order valence-electron chi connectivity index (χ1n) is 16.3. The SMILES string of the molecule is CC(C)[C@H](NC(=O)[C@@H](N)Cc1ccc(O)cc1)C(=O)N[C@H](C(=O)N1CCC[C@H]1C(=O)N[C@@H](Cc1c[nH]c2ccccc12)C(=O)O)C(C)C. The molecule has 5 atom stereocenters. The highest BCUT2D eigenvalue weighted by Crippen LogP contribution is 2.23. The second-order valence-electron chi connectivity index (χ2n) is 13.1. The smallest absolute Gasteiger partial charge is 0.326 e. The average molecular weight is 663 g/mol. The number of nitrogens with two attached hydrogens (primary N) is 1. The van der Waals surface area contributed by atoms with Gasteiger partial charge in [-0.25, -0.2) is 4.79 Å². The minimum absolute atomic E-state index is 0.0529. The van der Waals surface area contributed by atoms with Crippen LogP contribution in [0.2, 0.25) is 0 Å². The molecule has 258 valence electrons. The number of aromatic amines is 1. The lowest BCUT2D eigenvalue weighted by atomic mass is 9.98. The molecule has 0 spiro atoms. The third-order valence-electron chi connectivity index (χ3n) is 8.76. The number of carboxylic acid groups (broad SMARTS) is 1. The number of carbonyl (C=O) groups is 5. The van der Waals surface area contributed by atoms with Crippen molar-refractivity contribution in [2.75, 3.05) is 6.54 Å². The molecule has 0 bridgehead atoms. The summed E-state index contributed by atoms with van der Waals surface area (Å²) in [7, 11) is 0. The second kappa shape index (κ2) is 15.8. The number of phenols is 1. The molecule has 48 heavy (non-hydrogen) atoms. The minimum atomic E-state index is -1.22. The number of likely N-dealkylation sites (tertiary alicyclic amines) is 1. The van der Waals surface area contributed by atoms with Gasteiger partial charge in [-0.2, -0.15) is 0 Å². The van der Waals surface area contributed by atoms with Gasteiger partial charge in [0.1, 0.15) is 29.9 Å². The molecule has 0 aliphatic carbocycles. The van der Waals surface area contributed by atoms with E-state index in [1.165, 1.54) is 17.0 Å². The van der Waals surface area contributed by atoms with Crippen LogP contribution in [0.4, 0.5) is 0 Å². The van der Waals surface area contributed by atoms with Crippen molar-refractivity contribution in [2.45, 2.75) is 83.6 Å². The third-order valence-corrected chi connectivity index (χ3v) is 8.76. The number of nitrogens with zero attached hydrogens (tertiary/aromatic N) is 1. The molecule has 4 rings (SSSR count). The molecular formula is C35H46N6O7. The number of benzene rings is 2. The Bertz CT molecular complexity index is 1620. The van der Waals surface area contributed by atoms with Gasteiger partial charge in [0.15, 0.2) is 0 Å². The number of aliphatic carboxylic acids is 1. The zero-order chi connectivity index (χ0) is 35.1. The lowest BCUT2D eigenvalue weighted by molar-refractivity contribution is -0.145. The van der Waals surface area contributed by atoms with E-state index < -0.39 is 59.8 Å². The molecule has 2 aromatic carbocycles. The van der Waals surface area contributed by atoms with E-state index in [1.54, 1.807) is 46.0 Å². The van der Waals surface area contributed by atoms with E-state index in [0.29, 0.717) is 12.8 Å². The van der Waals surface area contributed by atoms with Gasteiger partial charge in [-0.1, -0.05) is 58.0 Å². The maximum atomic E-state index is 13.9. The summed E-state index contributed by atoms with van der Waals surface area (Å²) >= 11 is 0. The number of fused-ring (bicyclic) bond motifs is 1. The number of aromatic nitrogens is 1. The first kappa shape index (κ1) is 35.9. The van der Waals surface area contributed by atoms with Crippen LogP contribution in [0.25, 0.3) is 10.9 Å². The van der Waals surface area contributed by atoms with E-state index in [9.17, 15) is 34.2 Å². The number of hydrogen-bond acceptors (Lipinski definition) is 7. The first-order valence-corrected chi connectivity index (χ1v) is 16.3. The van der Waals surface area contributed by atoms with Crippen molar-refractivity contribution >= 4 is 40.5 Å². The number of hydrogen-bond donors (Lipinski definition) is 7. The van der Waals surface area contributed by atoms with Crippen molar-refractivity contribution in [3.8, 4) is 5.75 Å². The van der Waals surface area contributed by atoms with Gasteiger partial charge in [-0.3, -0.25) is 19.2 Å². The molecule has 0 saturated carbocycles. The van der Waals surface area contributed by atoms with Gasteiger partial charge in [0.2, 0.25) is 23.6 Å². The molecule has 13 heteroatoms. The molecule has 1 aromatic heterocycles. The standard InChI is InChI=1S/C35H46N6O7/c1-19(2)29(39-31(43)25(36)16-21-11-13-23(42)14-12-21)33(45)40-30(20(3)4)34(46)41-15-7-10-28(41)32(44)38-27(35(47)48)17-22-18-37-26-9-6-5-8-24(22)26/h5-6,8-9,11-14,18-20,25,27-30,37,42H,7,10,15-17,36H2,1-4H3,(H,38,44)(H,39,43)(H,40,45)(H,47,48)/t25-,27-,28-,29-,30-/m0/s1. The van der Waals surface area contributed by atoms with Crippen molar-refractivity contribution in [3.05, 3.63) is 65.9 Å². The molecule has 1 fully saturated rings. The van der Waals surface area contributed by atoms with E-state index in [-0.39, 0.29) is 37.0 Å². The molecule has 1 saturated heterocycles. The summed E-state index contributed by atoms with van der Waals surface area (Å²) in [5.41, 5.74) is 8.47. The number of phenolic OH excluding ortho intramolecular Hbond substituents is 1. The highest BCUT2D eigenvalue weighted by atomic mass is 16.4. The van der Waals surface area contributed by atoms with Crippen molar-refractivity contribution < 1.29 is 34.2 Å². The van der Waals surface area contributed by atoms with E-state index in [0.717, 1.165) is 22.0 Å². The van der Waals surface area contributed by atoms with Crippen LogP contribution < -0.4 is 21.7 Å². The van der Waals surface area contributed by atoms with E-state index in [2.05, 4.69) is 20.9 Å². The highest BCUT2D eigenvalue weighted by molar-refractivity contribution is 5.96. The minimum Gasteiger partial charge on any atom is -0.508 e. The van der Waals surface area contributed by atoms with Crippen molar-refractivity contribution in [1.29, 1.82) is 0 Å². The molecule has 1 aliphatic heterocycles. The lowest BCUT2D eigenvalue weighted by Crippen LogP contribution is -2.60.